The molecule has 2 amide bonds. The molecule has 4 rings (SSSR count). The first-order valence-electron chi connectivity index (χ1n) is 9.43. The molecule has 3 aromatic carbocycles. The molecule has 1 aliphatic rings. The van der Waals surface area contributed by atoms with E-state index < -0.39 is 22.6 Å². The second-order valence-electron chi connectivity index (χ2n) is 7.07. The number of amides is 2. The predicted octanol–water partition coefficient (Wildman–Crippen LogP) is 5.09. The Balaban J connectivity index is 1.83. The van der Waals surface area contributed by atoms with E-state index in [1.165, 1.54) is 42.5 Å². The van der Waals surface area contributed by atoms with E-state index in [1.807, 2.05) is 6.92 Å². The minimum Gasteiger partial charge on any atom is -0.350 e. The van der Waals surface area contributed by atoms with Crippen LogP contribution < -0.4 is 10.2 Å². The Morgan fingerprint density at radius 1 is 1.00 bits per heavy atom. The molecule has 0 bridgehead atoms. The summed E-state index contributed by atoms with van der Waals surface area (Å²) in [6.07, 6.45) is 0. The zero-order valence-corrected chi connectivity index (χ0v) is 17.4. The van der Waals surface area contributed by atoms with Crippen LogP contribution in [0.5, 0.6) is 0 Å². The van der Waals surface area contributed by atoms with E-state index in [0.29, 0.717) is 16.3 Å². The molecular formula is C23H15ClFN3O4. The Labute approximate surface area is 186 Å². The maximum Gasteiger partial charge on any atom is 0.282 e. The van der Waals surface area contributed by atoms with Crippen LogP contribution in [0.4, 0.5) is 21.5 Å². The standard InChI is InChI=1S/C23H15ClFN3O4/c1-13-5-8-16(12-19(13)24)26-21-20(14-6-9-17(10-7-14)28(31)32)22(29)27(23(21)30)18-4-2-3-15(25)11-18/h2-12,26H,1H3. The van der Waals surface area contributed by atoms with Gasteiger partial charge < -0.3 is 5.32 Å². The highest BCUT2D eigenvalue weighted by Crippen LogP contribution is 2.35. The summed E-state index contributed by atoms with van der Waals surface area (Å²) in [4.78, 5) is 37.8. The Kier molecular flexibility index (Phi) is 5.46. The van der Waals surface area contributed by atoms with Crippen molar-refractivity contribution in [1.82, 2.24) is 0 Å². The Bertz CT molecular complexity index is 1300. The molecule has 0 saturated heterocycles. The summed E-state index contributed by atoms with van der Waals surface area (Å²) in [5.74, 6) is -1.98. The number of nitrogens with one attached hydrogen (secondary N) is 1. The second-order valence-corrected chi connectivity index (χ2v) is 7.48. The monoisotopic (exact) mass is 451 g/mol. The van der Waals surface area contributed by atoms with Gasteiger partial charge in [-0.2, -0.15) is 0 Å². The number of benzene rings is 3. The van der Waals surface area contributed by atoms with E-state index in [1.54, 1.807) is 18.2 Å². The maximum atomic E-state index is 13.8. The van der Waals surface area contributed by atoms with Crippen molar-refractivity contribution in [3.05, 3.63) is 105 Å². The number of nitro benzene ring substituents is 1. The van der Waals surface area contributed by atoms with Crippen LogP contribution in [0.3, 0.4) is 0 Å². The second kappa shape index (κ2) is 8.24. The highest BCUT2D eigenvalue weighted by Gasteiger charge is 2.40. The lowest BCUT2D eigenvalue weighted by atomic mass is 10.0. The number of non-ortho nitro benzene ring substituents is 1. The van der Waals surface area contributed by atoms with Crippen LogP contribution in [0.2, 0.25) is 5.02 Å². The van der Waals surface area contributed by atoms with Crippen molar-refractivity contribution in [1.29, 1.82) is 0 Å². The summed E-state index contributed by atoms with van der Waals surface area (Å²) in [7, 11) is 0. The Morgan fingerprint density at radius 3 is 2.34 bits per heavy atom. The molecule has 1 heterocycles. The van der Waals surface area contributed by atoms with Crippen LogP contribution in [0.15, 0.2) is 72.4 Å². The predicted molar refractivity (Wildman–Crippen MR) is 119 cm³/mol. The van der Waals surface area contributed by atoms with Gasteiger partial charge in [-0.05, 0) is 60.5 Å². The summed E-state index contributed by atoms with van der Waals surface area (Å²) in [6.45, 7) is 1.82. The molecule has 32 heavy (non-hydrogen) atoms. The minimum atomic E-state index is -0.689. The van der Waals surface area contributed by atoms with Crippen molar-refractivity contribution >= 4 is 46.1 Å². The van der Waals surface area contributed by atoms with Crippen molar-refractivity contribution in [2.24, 2.45) is 0 Å². The molecule has 0 aliphatic carbocycles. The highest BCUT2D eigenvalue weighted by atomic mass is 35.5. The van der Waals surface area contributed by atoms with Crippen LogP contribution in [-0.2, 0) is 9.59 Å². The Morgan fingerprint density at radius 2 is 1.72 bits per heavy atom. The number of anilines is 2. The molecule has 7 nitrogen and oxygen atoms in total. The largest absolute Gasteiger partial charge is 0.350 e. The number of nitro groups is 1. The van der Waals surface area contributed by atoms with Crippen molar-refractivity contribution < 1.29 is 18.9 Å². The lowest BCUT2D eigenvalue weighted by Crippen LogP contribution is -2.32. The summed E-state index contributed by atoms with van der Waals surface area (Å²) < 4.78 is 13.8. The van der Waals surface area contributed by atoms with Crippen molar-refractivity contribution in [3.63, 3.8) is 0 Å². The minimum absolute atomic E-state index is 0.00542. The van der Waals surface area contributed by atoms with Gasteiger partial charge in [0.15, 0.2) is 0 Å². The van der Waals surface area contributed by atoms with Crippen LogP contribution in [0.1, 0.15) is 11.1 Å². The van der Waals surface area contributed by atoms with E-state index in [-0.39, 0.29) is 22.6 Å². The van der Waals surface area contributed by atoms with Gasteiger partial charge in [-0.25, -0.2) is 9.29 Å². The molecule has 3 aromatic rings. The van der Waals surface area contributed by atoms with E-state index >= 15 is 0 Å². The summed E-state index contributed by atoms with van der Waals surface area (Å²) >= 11 is 6.18. The van der Waals surface area contributed by atoms with Crippen LogP contribution in [0.25, 0.3) is 5.57 Å². The molecule has 0 fully saturated rings. The van der Waals surface area contributed by atoms with Crippen LogP contribution >= 0.6 is 11.6 Å². The van der Waals surface area contributed by atoms with Gasteiger partial charge >= 0.3 is 0 Å². The fourth-order valence-electron chi connectivity index (χ4n) is 3.33. The van der Waals surface area contributed by atoms with E-state index in [0.717, 1.165) is 16.5 Å². The van der Waals surface area contributed by atoms with Gasteiger partial charge in [-0.3, -0.25) is 19.7 Å². The number of aryl methyl sites for hydroxylation is 1. The van der Waals surface area contributed by atoms with Crippen LogP contribution in [-0.4, -0.2) is 16.7 Å². The highest BCUT2D eigenvalue weighted by molar-refractivity contribution is 6.46. The molecule has 0 unspecified atom stereocenters. The normalized spacial score (nSPS) is 13.7. The van der Waals surface area contributed by atoms with Gasteiger partial charge in [0, 0.05) is 22.8 Å². The van der Waals surface area contributed by atoms with E-state index in [9.17, 15) is 24.1 Å². The molecule has 0 radical (unpaired) electrons. The third kappa shape index (κ3) is 3.83. The topological polar surface area (TPSA) is 92.6 Å². The van der Waals surface area contributed by atoms with E-state index in [4.69, 9.17) is 11.6 Å². The number of halogens is 2. The van der Waals surface area contributed by atoms with Gasteiger partial charge in [0.05, 0.1) is 16.2 Å². The summed E-state index contributed by atoms with van der Waals surface area (Å²) in [6, 6.07) is 15.4. The third-order valence-corrected chi connectivity index (χ3v) is 5.37. The fourth-order valence-corrected chi connectivity index (χ4v) is 3.51. The average molecular weight is 452 g/mol. The number of carbonyl (C=O) groups is 2. The quantitative estimate of drug-likeness (QED) is 0.331. The lowest BCUT2D eigenvalue weighted by Gasteiger charge is -2.15. The van der Waals surface area contributed by atoms with Crippen molar-refractivity contribution in [2.45, 2.75) is 6.92 Å². The van der Waals surface area contributed by atoms with Crippen molar-refractivity contribution in [3.8, 4) is 0 Å². The first-order valence-corrected chi connectivity index (χ1v) is 9.80. The first kappa shape index (κ1) is 21.2. The summed E-state index contributed by atoms with van der Waals surface area (Å²) in [5.41, 5.74) is 1.47. The average Bonchev–Trinajstić information content (AvgIpc) is 3.00. The number of hydrogen-bond acceptors (Lipinski definition) is 5. The number of carbonyl (C=O) groups excluding carboxylic acids is 2. The molecule has 160 valence electrons. The summed E-state index contributed by atoms with van der Waals surface area (Å²) in [5, 5.41) is 14.4. The van der Waals surface area contributed by atoms with Gasteiger partial charge in [0.2, 0.25) is 0 Å². The Hall–Kier alpha value is -4.04. The SMILES string of the molecule is Cc1ccc(NC2=C(c3ccc([N+](=O)[O-])cc3)C(=O)N(c3cccc(F)c3)C2=O)cc1Cl. The molecule has 0 saturated carbocycles. The van der Waals surface area contributed by atoms with Crippen LogP contribution in [0, 0.1) is 22.9 Å². The molecular weight excluding hydrogens is 437 g/mol. The number of hydrogen-bond donors (Lipinski definition) is 1. The number of imide groups is 1. The molecule has 1 aliphatic heterocycles. The number of nitrogens with zero attached hydrogens (tertiary/aromatic N) is 2. The van der Waals surface area contributed by atoms with Gasteiger partial charge in [-0.1, -0.05) is 23.7 Å². The van der Waals surface area contributed by atoms with E-state index in [2.05, 4.69) is 5.32 Å². The molecule has 0 aromatic heterocycles. The molecule has 9 heteroatoms. The molecule has 0 atom stereocenters. The van der Waals surface area contributed by atoms with Gasteiger partial charge in [0.1, 0.15) is 11.5 Å². The van der Waals surface area contributed by atoms with Gasteiger partial charge in [0.25, 0.3) is 17.5 Å². The fraction of sp³-hybridized carbons (Fsp3) is 0.0435. The zero-order valence-electron chi connectivity index (χ0n) is 16.6. The molecule has 0 spiro atoms. The smallest absolute Gasteiger partial charge is 0.282 e. The number of rotatable bonds is 5. The zero-order chi connectivity index (χ0) is 23.0. The van der Waals surface area contributed by atoms with Crippen molar-refractivity contribution in [2.75, 3.05) is 10.2 Å². The maximum absolute atomic E-state index is 13.8. The van der Waals surface area contributed by atoms with Gasteiger partial charge in [-0.15, -0.1) is 0 Å². The molecule has 1 N–H and O–H groups in total. The first-order chi connectivity index (χ1) is 15.3. The lowest BCUT2D eigenvalue weighted by molar-refractivity contribution is -0.384. The third-order valence-electron chi connectivity index (χ3n) is 4.96.